The van der Waals surface area contributed by atoms with Crippen LogP contribution in [0.25, 0.3) is 11.1 Å². The van der Waals surface area contributed by atoms with Crippen LogP contribution in [0.4, 0.5) is 0 Å². The van der Waals surface area contributed by atoms with Gasteiger partial charge < -0.3 is 5.53 Å². The Morgan fingerprint density at radius 1 is 0.373 bits per heavy atom. The number of aryl methyl sites for hydroxylation is 2. The fourth-order valence-corrected chi connectivity index (χ4v) is 8.91. The van der Waals surface area contributed by atoms with Crippen molar-refractivity contribution in [3.05, 3.63) is 87.5 Å². The summed E-state index contributed by atoms with van der Waals surface area (Å²) in [7, 11) is 0. The molecule has 0 radical (unpaired) electrons. The van der Waals surface area contributed by atoms with Crippen molar-refractivity contribution in [2.75, 3.05) is 0 Å². The lowest BCUT2D eigenvalue weighted by molar-refractivity contribution is 0.00739. The van der Waals surface area contributed by atoms with Gasteiger partial charge in [-0.15, -0.1) is 4.79 Å². The van der Waals surface area contributed by atoms with Gasteiger partial charge in [0.15, 0.2) is 0 Å². The highest BCUT2D eigenvalue weighted by molar-refractivity contribution is 5.87. The molecular weight excluding hydrogens is 713 g/mol. The summed E-state index contributed by atoms with van der Waals surface area (Å²) in [5.41, 5.74) is 19.2. The average molecular weight is 807 g/mol. The second-order valence-electron chi connectivity index (χ2n) is 18.2. The predicted octanol–water partition coefficient (Wildman–Crippen LogP) is 19.1. The van der Waals surface area contributed by atoms with Gasteiger partial charge in [0.1, 0.15) is 0 Å². The summed E-state index contributed by atoms with van der Waals surface area (Å²) in [6, 6.07) is 18.9. The highest BCUT2D eigenvalue weighted by Crippen LogP contribution is 2.35. The normalized spacial score (nSPS) is 11.7. The van der Waals surface area contributed by atoms with E-state index in [9.17, 15) is 5.53 Å². The summed E-state index contributed by atoms with van der Waals surface area (Å²) in [5.74, 6) is 3.16. The third-order valence-electron chi connectivity index (χ3n) is 12.8. The van der Waals surface area contributed by atoms with Crippen LogP contribution in [0.5, 0.6) is 0 Å². The van der Waals surface area contributed by atoms with E-state index < -0.39 is 0 Å². The van der Waals surface area contributed by atoms with E-state index in [1.54, 1.807) is 0 Å². The van der Waals surface area contributed by atoms with Gasteiger partial charge in [-0.05, 0) is 84.8 Å². The van der Waals surface area contributed by atoms with E-state index in [2.05, 4.69) is 86.9 Å². The topological polar surface area (TPSA) is 36.4 Å². The minimum atomic E-state index is 0.919. The van der Waals surface area contributed by atoms with Crippen molar-refractivity contribution < 1.29 is 4.79 Å². The Hall–Kier alpha value is -2.66. The molecule has 0 N–H and O–H groups in total. The first kappa shape index (κ1) is 52.5. The Kier molecular flexibility index (Phi) is 34.0. The molecular formula is C57H94N2. The molecule has 0 saturated heterocycles. The van der Waals surface area contributed by atoms with Gasteiger partial charge in [-0.3, -0.25) is 0 Å². The van der Waals surface area contributed by atoms with Crippen molar-refractivity contribution in [3.8, 4) is 0 Å². The molecule has 2 aromatic carbocycles. The fraction of sp³-hybridized carbons (Fsp3) is 0.719. The Labute approximate surface area is 367 Å². The van der Waals surface area contributed by atoms with Crippen LogP contribution in [-0.2, 0) is 12.8 Å². The molecule has 0 spiro atoms. The van der Waals surface area contributed by atoms with E-state index >= 15 is 0 Å². The second kappa shape index (κ2) is 38.3. The van der Waals surface area contributed by atoms with E-state index in [0.717, 1.165) is 44.1 Å². The lowest BCUT2D eigenvalue weighted by Gasteiger charge is -2.18. The molecule has 332 valence electrons. The lowest BCUT2D eigenvalue weighted by atomic mass is 9.84. The molecule has 0 bridgehead atoms. The highest BCUT2D eigenvalue weighted by Gasteiger charge is 2.19. The maximum atomic E-state index is 10.00. The van der Waals surface area contributed by atoms with Crippen LogP contribution in [0.1, 0.15) is 275 Å². The molecule has 0 fully saturated rings. The number of rotatable bonds is 40. The van der Waals surface area contributed by atoms with Gasteiger partial charge >= 0.3 is 5.87 Å². The molecule has 0 saturated carbocycles. The minimum absolute atomic E-state index is 0.919. The quantitative estimate of drug-likeness (QED) is 0.0211. The summed E-state index contributed by atoms with van der Waals surface area (Å²) >= 11 is 0. The van der Waals surface area contributed by atoms with Crippen molar-refractivity contribution in [1.82, 2.24) is 0 Å². The third kappa shape index (κ3) is 26.3. The van der Waals surface area contributed by atoms with Crippen LogP contribution >= 0.6 is 0 Å². The molecule has 2 rings (SSSR count). The van der Waals surface area contributed by atoms with E-state index in [4.69, 9.17) is 0 Å². The Bertz CT molecular complexity index is 1370. The summed E-state index contributed by atoms with van der Waals surface area (Å²) < 4.78 is 0. The number of hydrogen-bond donors (Lipinski definition) is 0. The molecule has 0 aromatic heterocycles. The number of nitrogens with zero attached hydrogens (tertiary/aromatic N) is 2. The number of hydrogen-bond acceptors (Lipinski definition) is 0. The monoisotopic (exact) mass is 807 g/mol. The van der Waals surface area contributed by atoms with E-state index in [-0.39, 0.29) is 0 Å². The zero-order chi connectivity index (χ0) is 42.3. The van der Waals surface area contributed by atoms with Gasteiger partial charge in [-0.2, -0.15) is 0 Å². The van der Waals surface area contributed by atoms with Gasteiger partial charge in [0.2, 0.25) is 0 Å². The Balaban J connectivity index is 1.98. The minimum Gasteiger partial charge on any atom is -0.348 e. The molecule has 0 aliphatic heterocycles. The van der Waals surface area contributed by atoms with Crippen LogP contribution in [0, 0.1) is 0 Å². The first-order chi connectivity index (χ1) is 29.2. The standard InChI is InChI=1S/C57H94N2/c1-5-9-13-16-18-19-20-21-22-23-24-25-26-27-28-29-30-31-32-33-36-40-55(50-59-58)56(41-37-34-17-14-10-6-2)57(53-46-42-51(43-47-53)38-12-8-4)54-48-44-52(45-49-54)39-35-15-11-7-3/h42-49H,5-41H2,1-4H3. The molecule has 0 heterocycles. The molecule has 2 heteroatoms. The van der Waals surface area contributed by atoms with Crippen molar-refractivity contribution in [2.45, 2.75) is 265 Å². The number of allylic oxidation sites excluding steroid dienone is 2. The van der Waals surface area contributed by atoms with Gasteiger partial charge in [0, 0.05) is 0 Å². The molecule has 0 aliphatic rings. The van der Waals surface area contributed by atoms with Crippen LogP contribution < -0.4 is 0 Å². The van der Waals surface area contributed by atoms with Gasteiger partial charge in [0.25, 0.3) is 0 Å². The smallest absolute Gasteiger partial charge is 0.303 e. The average Bonchev–Trinajstić information content (AvgIpc) is 3.26. The van der Waals surface area contributed by atoms with Gasteiger partial charge in [0.05, 0.1) is 5.57 Å². The number of benzene rings is 2. The SMILES string of the molecule is CCCCCCCCCCCCCCCCCCCCCCCC(=C=[N+]=[N-])C(CCCCCCCC)=C(c1ccc(CCCC)cc1)c1ccc(CCCCCC)cc1. The molecule has 59 heavy (non-hydrogen) atoms. The molecule has 0 atom stereocenters. The zero-order valence-corrected chi connectivity index (χ0v) is 39.7. The molecule has 0 unspecified atom stereocenters. The van der Waals surface area contributed by atoms with Crippen molar-refractivity contribution >= 4 is 11.4 Å². The Morgan fingerprint density at radius 3 is 1.03 bits per heavy atom. The summed E-state index contributed by atoms with van der Waals surface area (Å²) in [6.07, 6.45) is 48.8. The van der Waals surface area contributed by atoms with E-state index in [0.29, 0.717) is 0 Å². The van der Waals surface area contributed by atoms with Crippen LogP contribution in [0.3, 0.4) is 0 Å². The summed E-state index contributed by atoms with van der Waals surface area (Å²) in [4.78, 5) is 3.59. The molecule has 2 aromatic rings. The zero-order valence-electron chi connectivity index (χ0n) is 39.7. The first-order valence-corrected chi connectivity index (χ1v) is 26.1. The lowest BCUT2D eigenvalue weighted by Crippen LogP contribution is -2.02. The molecule has 2 nitrogen and oxygen atoms in total. The van der Waals surface area contributed by atoms with Crippen molar-refractivity contribution in [1.29, 1.82) is 0 Å². The van der Waals surface area contributed by atoms with Gasteiger partial charge in [-0.25, -0.2) is 0 Å². The van der Waals surface area contributed by atoms with E-state index in [1.165, 1.54) is 232 Å². The van der Waals surface area contributed by atoms with E-state index in [1.807, 2.05) is 0 Å². The molecule has 0 amide bonds. The first-order valence-electron chi connectivity index (χ1n) is 26.1. The fourth-order valence-electron chi connectivity index (χ4n) is 8.91. The maximum Gasteiger partial charge on any atom is 0.303 e. The van der Waals surface area contributed by atoms with Crippen LogP contribution in [0.15, 0.2) is 59.7 Å². The van der Waals surface area contributed by atoms with Gasteiger partial charge in [-0.1, -0.05) is 262 Å². The van der Waals surface area contributed by atoms with Crippen molar-refractivity contribution in [2.24, 2.45) is 0 Å². The largest absolute Gasteiger partial charge is 0.348 e. The predicted molar refractivity (Wildman–Crippen MR) is 263 cm³/mol. The summed E-state index contributed by atoms with van der Waals surface area (Å²) in [5, 5.41) is 0. The van der Waals surface area contributed by atoms with Crippen LogP contribution in [0.2, 0.25) is 0 Å². The van der Waals surface area contributed by atoms with Crippen molar-refractivity contribution in [3.63, 3.8) is 0 Å². The Morgan fingerprint density at radius 2 is 0.678 bits per heavy atom. The maximum absolute atomic E-state index is 10.00. The summed E-state index contributed by atoms with van der Waals surface area (Å²) in [6.45, 7) is 9.16. The third-order valence-corrected chi connectivity index (χ3v) is 12.8. The second-order valence-corrected chi connectivity index (χ2v) is 18.2. The number of unbranched alkanes of at least 4 members (excludes halogenated alkanes) is 29. The van der Waals surface area contributed by atoms with Crippen LogP contribution in [-0.4, -0.2) is 10.7 Å². The molecule has 0 aliphatic carbocycles. The highest BCUT2D eigenvalue weighted by atomic mass is 14.8.